The lowest BCUT2D eigenvalue weighted by atomic mass is 10.1. The van der Waals surface area contributed by atoms with Gasteiger partial charge in [-0.1, -0.05) is 23.4 Å². The topological polar surface area (TPSA) is 65.2 Å². The van der Waals surface area contributed by atoms with Crippen LogP contribution in [0.2, 0.25) is 0 Å². The predicted molar refractivity (Wildman–Crippen MR) is 78.0 cm³/mol. The number of carbonyl (C=O) groups excluding carboxylic acids is 1. The Morgan fingerprint density at radius 1 is 1.43 bits per heavy atom. The zero-order valence-corrected chi connectivity index (χ0v) is 12.8. The molecule has 21 heavy (non-hydrogen) atoms. The second-order valence-electron chi connectivity index (χ2n) is 5.14. The summed E-state index contributed by atoms with van der Waals surface area (Å²) < 4.78 is 10.1. The van der Waals surface area contributed by atoms with Crippen molar-refractivity contribution in [2.75, 3.05) is 7.11 Å². The van der Waals surface area contributed by atoms with Gasteiger partial charge in [-0.25, -0.2) is 0 Å². The smallest absolute Gasteiger partial charge is 0.321 e. The van der Waals surface area contributed by atoms with Gasteiger partial charge < -0.3 is 9.26 Å². The maximum Gasteiger partial charge on any atom is 0.321 e. The first kappa shape index (κ1) is 14.1. The summed E-state index contributed by atoms with van der Waals surface area (Å²) in [6.45, 7) is 2.07. The Morgan fingerprint density at radius 2 is 2.19 bits per heavy atom. The Morgan fingerprint density at radius 3 is 2.86 bits per heavy atom. The van der Waals surface area contributed by atoms with Crippen LogP contribution < -0.4 is 0 Å². The van der Waals surface area contributed by atoms with Crippen molar-refractivity contribution in [3.8, 4) is 0 Å². The molecule has 0 spiro atoms. The van der Waals surface area contributed by atoms with E-state index in [9.17, 15) is 4.79 Å². The Bertz CT molecular complexity index is 664. The van der Waals surface area contributed by atoms with Crippen molar-refractivity contribution >= 4 is 17.7 Å². The highest BCUT2D eigenvalue weighted by atomic mass is 32.2. The van der Waals surface area contributed by atoms with Gasteiger partial charge in [-0.15, -0.1) is 11.8 Å². The number of nitrogens with zero attached hydrogens (tertiary/aromatic N) is 2. The molecule has 0 amide bonds. The van der Waals surface area contributed by atoms with Gasteiger partial charge in [0.2, 0.25) is 5.89 Å². The zero-order valence-electron chi connectivity index (χ0n) is 12.0. The molecule has 1 saturated carbocycles. The number of aryl methyl sites for hydroxylation is 1. The fourth-order valence-electron chi connectivity index (χ4n) is 2.19. The third kappa shape index (κ3) is 2.68. The molecular formula is C15H16N2O3S. The summed E-state index contributed by atoms with van der Waals surface area (Å²) in [5, 5.41) is 3.97. The Balaban J connectivity index is 1.69. The highest BCUT2D eigenvalue weighted by Gasteiger charge is 2.57. The van der Waals surface area contributed by atoms with Crippen molar-refractivity contribution in [1.29, 1.82) is 0 Å². The quantitative estimate of drug-likeness (QED) is 0.625. The van der Waals surface area contributed by atoms with Gasteiger partial charge in [0.25, 0.3) is 0 Å². The number of ether oxygens (including phenoxy) is 1. The van der Waals surface area contributed by atoms with Crippen LogP contribution in [0.25, 0.3) is 0 Å². The molecule has 0 unspecified atom stereocenters. The van der Waals surface area contributed by atoms with Crippen LogP contribution in [-0.2, 0) is 20.7 Å². The maximum atomic E-state index is 11.8. The largest absolute Gasteiger partial charge is 0.468 e. The Hall–Kier alpha value is -1.82. The van der Waals surface area contributed by atoms with E-state index in [1.165, 1.54) is 17.6 Å². The lowest BCUT2D eigenvalue weighted by Crippen LogP contribution is -2.22. The minimum Gasteiger partial charge on any atom is -0.468 e. The molecule has 3 rings (SSSR count). The van der Waals surface area contributed by atoms with E-state index < -0.39 is 5.41 Å². The van der Waals surface area contributed by atoms with E-state index >= 15 is 0 Å². The van der Waals surface area contributed by atoms with Crippen LogP contribution >= 0.6 is 11.8 Å². The van der Waals surface area contributed by atoms with Gasteiger partial charge >= 0.3 is 5.97 Å². The number of esters is 1. The molecule has 0 N–H and O–H groups in total. The van der Waals surface area contributed by atoms with E-state index in [1.54, 1.807) is 11.8 Å². The molecule has 110 valence electrons. The first-order chi connectivity index (χ1) is 10.2. The highest BCUT2D eigenvalue weighted by molar-refractivity contribution is 7.98. The number of methoxy groups -OCH3 is 1. The van der Waals surface area contributed by atoms with Crippen LogP contribution in [0.1, 0.15) is 30.1 Å². The van der Waals surface area contributed by atoms with Crippen molar-refractivity contribution in [1.82, 2.24) is 10.1 Å². The fraction of sp³-hybridized carbons (Fsp3) is 0.400. The standard InChI is InChI=1S/C15H16N2O3S/c1-10-5-3-4-6-11(10)21-9-12-16-13(20-17-12)15(7-8-15)14(18)19-2/h3-6H,7-9H2,1-2H3. The average molecular weight is 304 g/mol. The molecule has 1 aliphatic rings. The number of rotatable bonds is 5. The third-order valence-electron chi connectivity index (χ3n) is 3.65. The Kier molecular flexibility index (Phi) is 3.71. The summed E-state index contributed by atoms with van der Waals surface area (Å²) in [6, 6.07) is 8.16. The average Bonchev–Trinajstić information content (AvgIpc) is 3.18. The Labute approximate surface area is 127 Å². The lowest BCUT2D eigenvalue weighted by Gasteiger charge is -2.05. The summed E-state index contributed by atoms with van der Waals surface area (Å²) in [6.07, 6.45) is 1.43. The molecule has 0 aliphatic heterocycles. The molecular weight excluding hydrogens is 288 g/mol. The highest BCUT2D eigenvalue weighted by Crippen LogP contribution is 2.48. The van der Waals surface area contributed by atoms with Gasteiger partial charge in [-0.3, -0.25) is 4.79 Å². The normalized spacial score (nSPS) is 15.7. The van der Waals surface area contributed by atoms with Crippen LogP contribution in [0.3, 0.4) is 0 Å². The van der Waals surface area contributed by atoms with E-state index in [2.05, 4.69) is 29.2 Å². The van der Waals surface area contributed by atoms with Crippen LogP contribution in [0.5, 0.6) is 0 Å². The van der Waals surface area contributed by atoms with E-state index in [4.69, 9.17) is 9.26 Å². The summed E-state index contributed by atoms with van der Waals surface area (Å²) in [5.41, 5.74) is 0.535. The molecule has 6 heteroatoms. The van der Waals surface area contributed by atoms with Gasteiger partial charge in [0.1, 0.15) is 5.41 Å². The van der Waals surface area contributed by atoms with E-state index in [-0.39, 0.29) is 5.97 Å². The molecule has 1 heterocycles. The molecule has 2 aromatic rings. The number of hydrogen-bond donors (Lipinski definition) is 0. The molecule has 0 bridgehead atoms. The zero-order chi connectivity index (χ0) is 14.9. The predicted octanol–water partition coefficient (Wildman–Crippen LogP) is 2.87. The number of carbonyl (C=O) groups is 1. The molecule has 1 aromatic carbocycles. The maximum absolute atomic E-state index is 11.8. The molecule has 0 radical (unpaired) electrons. The van der Waals surface area contributed by atoms with Crippen molar-refractivity contribution in [2.24, 2.45) is 0 Å². The SMILES string of the molecule is COC(=O)C1(c2nc(CSc3ccccc3C)no2)CC1. The molecule has 1 fully saturated rings. The van der Waals surface area contributed by atoms with Crippen molar-refractivity contribution < 1.29 is 14.1 Å². The van der Waals surface area contributed by atoms with Crippen LogP contribution in [0.4, 0.5) is 0 Å². The van der Waals surface area contributed by atoms with Crippen molar-refractivity contribution in [2.45, 2.75) is 35.8 Å². The van der Waals surface area contributed by atoms with Gasteiger partial charge in [-0.05, 0) is 31.4 Å². The number of aromatic nitrogens is 2. The molecule has 1 aliphatic carbocycles. The first-order valence-electron chi connectivity index (χ1n) is 6.75. The van der Waals surface area contributed by atoms with Crippen LogP contribution in [0, 0.1) is 6.92 Å². The molecule has 0 saturated heterocycles. The number of benzene rings is 1. The van der Waals surface area contributed by atoms with Gasteiger partial charge in [0.05, 0.1) is 12.9 Å². The van der Waals surface area contributed by atoms with Crippen molar-refractivity contribution in [3.05, 3.63) is 41.5 Å². The number of hydrogen-bond acceptors (Lipinski definition) is 6. The first-order valence-corrected chi connectivity index (χ1v) is 7.74. The minimum atomic E-state index is -0.687. The molecule has 5 nitrogen and oxygen atoms in total. The molecule has 0 atom stereocenters. The number of thioether (sulfide) groups is 1. The van der Waals surface area contributed by atoms with E-state index in [1.807, 2.05) is 12.1 Å². The van der Waals surface area contributed by atoms with Gasteiger partial charge in [0.15, 0.2) is 5.82 Å². The van der Waals surface area contributed by atoms with Gasteiger partial charge in [-0.2, -0.15) is 4.98 Å². The summed E-state index contributed by atoms with van der Waals surface area (Å²) >= 11 is 1.66. The fourth-order valence-corrected chi connectivity index (χ4v) is 3.07. The lowest BCUT2D eigenvalue weighted by molar-refractivity contribution is -0.144. The third-order valence-corrected chi connectivity index (χ3v) is 4.83. The van der Waals surface area contributed by atoms with Crippen LogP contribution in [-0.4, -0.2) is 23.2 Å². The van der Waals surface area contributed by atoms with E-state index in [0.717, 1.165) is 0 Å². The summed E-state index contributed by atoms with van der Waals surface area (Å²) in [5.74, 6) is 1.32. The van der Waals surface area contributed by atoms with Gasteiger partial charge in [0, 0.05) is 4.90 Å². The second-order valence-corrected chi connectivity index (χ2v) is 6.16. The van der Waals surface area contributed by atoms with Crippen LogP contribution in [0.15, 0.2) is 33.7 Å². The van der Waals surface area contributed by atoms with Crippen molar-refractivity contribution in [3.63, 3.8) is 0 Å². The summed E-state index contributed by atoms with van der Waals surface area (Å²) in [4.78, 5) is 17.3. The summed E-state index contributed by atoms with van der Waals surface area (Å²) in [7, 11) is 1.38. The van der Waals surface area contributed by atoms with E-state index in [0.29, 0.717) is 30.3 Å². The minimum absolute atomic E-state index is 0.288. The monoisotopic (exact) mass is 304 g/mol. The second kappa shape index (κ2) is 5.52. The molecule has 1 aromatic heterocycles.